The molecule has 2 rings (SSSR count). The summed E-state index contributed by atoms with van der Waals surface area (Å²) in [4.78, 5) is 0. The standard InChI is InChI=1S/C14H25NO2/c1-5-15-14(12-7-6-8-16-12)13-9(2)10(3)17-11(13)4/h7,9-11,13-15H,5-6,8H2,1-4H3. The smallest absolute Gasteiger partial charge is 0.109 e. The van der Waals surface area contributed by atoms with Gasteiger partial charge in [-0.25, -0.2) is 0 Å². The van der Waals surface area contributed by atoms with Crippen molar-refractivity contribution in [1.29, 1.82) is 0 Å². The molecule has 0 aromatic heterocycles. The van der Waals surface area contributed by atoms with E-state index < -0.39 is 0 Å². The molecule has 0 radical (unpaired) electrons. The van der Waals surface area contributed by atoms with Crippen molar-refractivity contribution in [3.05, 3.63) is 11.8 Å². The molecule has 2 aliphatic heterocycles. The minimum absolute atomic E-state index is 0.300. The molecule has 0 amide bonds. The largest absolute Gasteiger partial charge is 0.496 e. The maximum Gasteiger partial charge on any atom is 0.109 e. The topological polar surface area (TPSA) is 30.5 Å². The first kappa shape index (κ1) is 12.9. The van der Waals surface area contributed by atoms with Crippen LogP contribution in [0.1, 0.15) is 34.1 Å². The highest BCUT2D eigenvalue weighted by atomic mass is 16.5. The molecule has 2 heterocycles. The first-order valence-electron chi connectivity index (χ1n) is 6.86. The van der Waals surface area contributed by atoms with Gasteiger partial charge in [-0.2, -0.15) is 0 Å². The van der Waals surface area contributed by atoms with Gasteiger partial charge in [0, 0.05) is 12.3 Å². The molecular formula is C14H25NO2. The molecule has 5 atom stereocenters. The molecule has 1 fully saturated rings. The van der Waals surface area contributed by atoms with Gasteiger partial charge >= 0.3 is 0 Å². The van der Waals surface area contributed by atoms with E-state index in [2.05, 4.69) is 39.1 Å². The van der Waals surface area contributed by atoms with E-state index in [1.54, 1.807) is 0 Å². The van der Waals surface area contributed by atoms with Gasteiger partial charge in [0.2, 0.25) is 0 Å². The average Bonchev–Trinajstić information content (AvgIpc) is 2.88. The average molecular weight is 239 g/mol. The van der Waals surface area contributed by atoms with Crippen molar-refractivity contribution in [2.45, 2.75) is 52.4 Å². The highest BCUT2D eigenvalue weighted by molar-refractivity contribution is 5.12. The zero-order chi connectivity index (χ0) is 12.4. The molecule has 0 aromatic carbocycles. The Morgan fingerprint density at radius 1 is 1.35 bits per heavy atom. The Bertz CT molecular complexity index is 290. The molecular weight excluding hydrogens is 214 g/mol. The molecule has 3 nitrogen and oxygen atoms in total. The number of rotatable bonds is 4. The summed E-state index contributed by atoms with van der Waals surface area (Å²) < 4.78 is 11.7. The maximum absolute atomic E-state index is 5.95. The fraction of sp³-hybridized carbons (Fsp3) is 0.857. The lowest BCUT2D eigenvalue weighted by Gasteiger charge is -2.30. The van der Waals surface area contributed by atoms with Crippen molar-refractivity contribution < 1.29 is 9.47 Å². The molecule has 0 saturated carbocycles. The Hall–Kier alpha value is -0.540. The summed E-state index contributed by atoms with van der Waals surface area (Å²) in [5.41, 5.74) is 0. The quantitative estimate of drug-likeness (QED) is 0.816. The number of likely N-dealkylation sites (N-methyl/N-ethyl adjacent to an activating group) is 1. The SMILES string of the molecule is CCNC(C1=CCCO1)C1C(C)OC(C)C1C. The second-order valence-electron chi connectivity index (χ2n) is 5.26. The van der Waals surface area contributed by atoms with Crippen LogP contribution in [0.5, 0.6) is 0 Å². The minimum Gasteiger partial charge on any atom is -0.496 e. The molecule has 2 aliphatic rings. The third kappa shape index (κ3) is 2.50. The molecule has 5 unspecified atom stereocenters. The van der Waals surface area contributed by atoms with Crippen LogP contribution in [-0.4, -0.2) is 31.4 Å². The Kier molecular flexibility index (Phi) is 4.10. The highest BCUT2D eigenvalue weighted by Gasteiger charge is 2.43. The van der Waals surface area contributed by atoms with Crippen LogP contribution in [0.3, 0.4) is 0 Å². The summed E-state index contributed by atoms with van der Waals surface area (Å²) in [6.45, 7) is 10.6. The van der Waals surface area contributed by atoms with Crippen molar-refractivity contribution in [3.63, 3.8) is 0 Å². The Labute approximate surface area is 105 Å². The second kappa shape index (κ2) is 5.40. The first-order chi connectivity index (χ1) is 8.15. The van der Waals surface area contributed by atoms with Gasteiger partial charge < -0.3 is 14.8 Å². The van der Waals surface area contributed by atoms with Crippen LogP contribution >= 0.6 is 0 Å². The van der Waals surface area contributed by atoms with E-state index in [1.807, 2.05) is 0 Å². The van der Waals surface area contributed by atoms with Crippen LogP contribution in [0, 0.1) is 11.8 Å². The van der Waals surface area contributed by atoms with Crippen LogP contribution in [0.25, 0.3) is 0 Å². The monoisotopic (exact) mass is 239 g/mol. The number of nitrogens with one attached hydrogen (secondary N) is 1. The third-order valence-electron chi connectivity index (χ3n) is 4.17. The van der Waals surface area contributed by atoms with E-state index in [0.29, 0.717) is 30.1 Å². The molecule has 0 aliphatic carbocycles. The molecule has 98 valence electrons. The lowest BCUT2D eigenvalue weighted by atomic mass is 9.82. The van der Waals surface area contributed by atoms with Gasteiger partial charge in [0.15, 0.2) is 0 Å². The van der Waals surface area contributed by atoms with Gasteiger partial charge in [-0.05, 0) is 32.4 Å². The van der Waals surface area contributed by atoms with Gasteiger partial charge in [-0.1, -0.05) is 13.8 Å². The molecule has 17 heavy (non-hydrogen) atoms. The Balaban J connectivity index is 2.14. The van der Waals surface area contributed by atoms with E-state index in [-0.39, 0.29) is 0 Å². The summed E-state index contributed by atoms with van der Waals surface area (Å²) in [5, 5.41) is 3.57. The van der Waals surface area contributed by atoms with Crippen LogP contribution in [0.4, 0.5) is 0 Å². The van der Waals surface area contributed by atoms with Crippen LogP contribution < -0.4 is 5.32 Å². The van der Waals surface area contributed by atoms with E-state index in [1.165, 1.54) is 0 Å². The zero-order valence-corrected chi connectivity index (χ0v) is 11.4. The normalized spacial score (nSPS) is 38.9. The van der Waals surface area contributed by atoms with E-state index in [0.717, 1.165) is 25.3 Å². The molecule has 1 N–H and O–H groups in total. The van der Waals surface area contributed by atoms with Gasteiger partial charge in [0.25, 0.3) is 0 Å². The number of hydrogen-bond acceptors (Lipinski definition) is 3. The van der Waals surface area contributed by atoms with Crippen molar-refractivity contribution in [3.8, 4) is 0 Å². The molecule has 1 saturated heterocycles. The van der Waals surface area contributed by atoms with Crippen LogP contribution in [-0.2, 0) is 9.47 Å². The summed E-state index contributed by atoms with van der Waals surface area (Å²) in [5.74, 6) is 2.21. The highest BCUT2D eigenvalue weighted by Crippen LogP contribution is 2.37. The molecule has 0 spiro atoms. The fourth-order valence-electron chi connectivity index (χ4n) is 3.17. The molecule has 0 aromatic rings. The fourth-order valence-corrected chi connectivity index (χ4v) is 3.17. The predicted octanol–water partition coefficient (Wildman–Crippen LogP) is 2.33. The lowest BCUT2D eigenvalue weighted by Crippen LogP contribution is -2.43. The van der Waals surface area contributed by atoms with Crippen LogP contribution in [0.2, 0.25) is 0 Å². The van der Waals surface area contributed by atoms with Crippen LogP contribution in [0.15, 0.2) is 11.8 Å². The maximum atomic E-state index is 5.95. The third-order valence-corrected chi connectivity index (χ3v) is 4.17. The summed E-state index contributed by atoms with van der Waals surface area (Å²) in [6, 6.07) is 0.317. The van der Waals surface area contributed by atoms with Gasteiger partial charge in [0.05, 0.1) is 24.9 Å². The second-order valence-corrected chi connectivity index (χ2v) is 5.26. The Morgan fingerprint density at radius 2 is 2.12 bits per heavy atom. The van der Waals surface area contributed by atoms with Crippen molar-refractivity contribution in [2.75, 3.05) is 13.2 Å². The number of hydrogen-bond donors (Lipinski definition) is 1. The summed E-state index contributed by atoms with van der Waals surface area (Å²) >= 11 is 0. The van der Waals surface area contributed by atoms with Crippen molar-refractivity contribution in [1.82, 2.24) is 5.32 Å². The summed E-state index contributed by atoms with van der Waals surface area (Å²) in [6.07, 6.45) is 3.92. The first-order valence-corrected chi connectivity index (χ1v) is 6.86. The molecule has 3 heteroatoms. The summed E-state index contributed by atoms with van der Waals surface area (Å²) in [7, 11) is 0. The van der Waals surface area contributed by atoms with E-state index in [9.17, 15) is 0 Å². The predicted molar refractivity (Wildman–Crippen MR) is 68.8 cm³/mol. The minimum atomic E-state index is 0.300. The van der Waals surface area contributed by atoms with Gasteiger partial charge in [-0.3, -0.25) is 0 Å². The Morgan fingerprint density at radius 3 is 2.59 bits per heavy atom. The van der Waals surface area contributed by atoms with Gasteiger partial charge in [-0.15, -0.1) is 0 Å². The van der Waals surface area contributed by atoms with Crippen molar-refractivity contribution >= 4 is 0 Å². The zero-order valence-electron chi connectivity index (χ0n) is 11.4. The molecule has 0 bridgehead atoms. The van der Waals surface area contributed by atoms with E-state index in [4.69, 9.17) is 9.47 Å². The number of ether oxygens (including phenoxy) is 2. The van der Waals surface area contributed by atoms with Gasteiger partial charge in [0.1, 0.15) is 5.76 Å². The lowest BCUT2D eigenvalue weighted by molar-refractivity contribution is 0.0464. The van der Waals surface area contributed by atoms with Crippen molar-refractivity contribution in [2.24, 2.45) is 11.8 Å². The van der Waals surface area contributed by atoms with E-state index >= 15 is 0 Å².